The summed E-state index contributed by atoms with van der Waals surface area (Å²) in [5, 5.41) is 9.82. The Morgan fingerprint density at radius 2 is 1.62 bits per heavy atom. The Morgan fingerprint density at radius 1 is 1.00 bits per heavy atom. The summed E-state index contributed by atoms with van der Waals surface area (Å²) in [7, 11) is -4.56. The van der Waals surface area contributed by atoms with Crippen LogP contribution in [0.15, 0.2) is 47.4 Å². The fourth-order valence-electron chi connectivity index (χ4n) is 4.93. The zero-order valence-electron chi connectivity index (χ0n) is 20.1. The molecule has 2 aliphatic rings. The van der Waals surface area contributed by atoms with E-state index in [-0.39, 0.29) is 43.1 Å². The second-order valence-corrected chi connectivity index (χ2v) is 11.4. The molecule has 1 saturated heterocycles. The quantitative estimate of drug-likeness (QED) is 0.524. The van der Waals surface area contributed by atoms with E-state index in [1.165, 1.54) is 4.90 Å². The lowest BCUT2D eigenvalue weighted by molar-refractivity contribution is -0.376. The normalized spacial score (nSPS) is 20.7. The summed E-state index contributed by atoms with van der Waals surface area (Å²) in [4.78, 5) is 14.0. The highest BCUT2D eigenvalue weighted by Gasteiger charge is 2.71. The number of aryl methyl sites for hydroxylation is 1. The van der Waals surface area contributed by atoms with Crippen LogP contribution in [0, 0.1) is 5.82 Å². The smallest absolute Gasteiger partial charge is 0.369 e. The molecule has 1 amide bonds. The van der Waals surface area contributed by atoms with Crippen molar-refractivity contribution in [1.29, 1.82) is 0 Å². The number of alkyl halides is 6. The minimum Gasteiger partial charge on any atom is -0.369 e. The summed E-state index contributed by atoms with van der Waals surface area (Å²) >= 11 is 0. The average molecular weight is 584 g/mol. The lowest BCUT2D eigenvalue weighted by Crippen LogP contribution is -2.54. The van der Waals surface area contributed by atoms with Gasteiger partial charge < -0.3 is 15.7 Å². The fourth-order valence-corrected chi connectivity index (χ4v) is 6.64. The summed E-state index contributed by atoms with van der Waals surface area (Å²) < 4.78 is 122. The Hall–Kier alpha value is -2.91. The maximum absolute atomic E-state index is 13.7. The molecule has 0 radical (unpaired) electrons. The van der Waals surface area contributed by atoms with E-state index in [9.17, 15) is 49.1 Å². The Bertz CT molecular complexity index is 1330. The van der Waals surface area contributed by atoms with Gasteiger partial charge in [-0.2, -0.15) is 26.3 Å². The number of sulfonamides is 1. The van der Waals surface area contributed by atoms with Crippen LogP contribution >= 0.6 is 0 Å². The molecule has 2 atom stereocenters. The molecule has 0 aliphatic carbocycles. The molecule has 1 fully saturated rings. The molecule has 2 aliphatic heterocycles. The predicted molar refractivity (Wildman–Crippen MR) is 124 cm³/mol. The molecule has 2 heterocycles. The van der Waals surface area contributed by atoms with Crippen LogP contribution in [-0.4, -0.2) is 61.9 Å². The molecule has 4 rings (SSSR count). The van der Waals surface area contributed by atoms with Crippen LogP contribution in [0.4, 0.5) is 36.4 Å². The Labute approximate surface area is 219 Å². The lowest BCUT2D eigenvalue weighted by atomic mass is 9.87. The third-order valence-corrected chi connectivity index (χ3v) is 8.87. The standard InChI is InChI=1S/C24H24F7N3O4S/c25-16-3-6-19(7-4-16)39(37,38)34-18(12-21(35)33-10-9-17(32)13-33)5-1-14-11-15(2-8-20(14)34)22(36,23(26,27)28)24(29,30)31/h2-4,6-8,11,17-18,36H,1,5,9-10,12-13,32H2. The number of aliphatic hydroxyl groups is 1. The highest BCUT2D eigenvalue weighted by molar-refractivity contribution is 7.92. The number of hydrogen-bond donors (Lipinski definition) is 2. The van der Waals surface area contributed by atoms with Gasteiger partial charge >= 0.3 is 12.4 Å². The van der Waals surface area contributed by atoms with Gasteiger partial charge in [-0.25, -0.2) is 12.8 Å². The number of amides is 1. The third kappa shape index (κ3) is 5.18. The molecule has 0 aromatic heterocycles. The highest BCUT2D eigenvalue weighted by Crippen LogP contribution is 2.51. The van der Waals surface area contributed by atoms with Crippen molar-refractivity contribution in [1.82, 2.24) is 4.90 Å². The van der Waals surface area contributed by atoms with Crippen LogP contribution in [0.5, 0.6) is 0 Å². The van der Waals surface area contributed by atoms with Gasteiger partial charge in [-0.1, -0.05) is 12.1 Å². The topological polar surface area (TPSA) is 104 Å². The van der Waals surface area contributed by atoms with E-state index in [1.807, 2.05) is 0 Å². The largest absolute Gasteiger partial charge is 0.430 e. The number of nitrogens with zero attached hydrogens (tertiary/aromatic N) is 2. The van der Waals surface area contributed by atoms with Gasteiger partial charge in [-0.15, -0.1) is 0 Å². The maximum atomic E-state index is 13.7. The molecule has 214 valence electrons. The van der Waals surface area contributed by atoms with Gasteiger partial charge in [0, 0.05) is 31.1 Å². The third-order valence-electron chi connectivity index (χ3n) is 6.99. The molecule has 2 aromatic rings. The summed E-state index contributed by atoms with van der Waals surface area (Å²) in [6.45, 7) is 0.606. The first-order chi connectivity index (χ1) is 18.0. The SMILES string of the molecule is NC1CCN(C(=O)CC2CCc3cc(C(O)(C(F)(F)F)C(F)(F)F)ccc3N2S(=O)(=O)c2ccc(F)cc2)C1. The predicted octanol–water partition coefficient (Wildman–Crippen LogP) is 3.60. The molecule has 0 spiro atoms. The maximum Gasteiger partial charge on any atom is 0.430 e. The van der Waals surface area contributed by atoms with Gasteiger partial charge in [0.1, 0.15) is 5.82 Å². The van der Waals surface area contributed by atoms with Gasteiger partial charge in [-0.3, -0.25) is 9.10 Å². The van der Waals surface area contributed by atoms with Crippen LogP contribution < -0.4 is 10.0 Å². The first-order valence-corrected chi connectivity index (χ1v) is 13.2. The van der Waals surface area contributed by atoms with Gasteiger partial charge in [0.2, 0.25) is 5.91 Å². The average Bonchev–Trinajstić information content (AvgIpc) is 3.28. The number of rotatable bonds is 5. The van der Waals surface area contributed by atoms with Crippen molar-refractivity contribution in [2.75, 3.05) is 17.4 Å². The number of anilines is 1. The van der Waals surface area contributed by atoms with E-state index in [4.69, 9.17) is 5.73 Å². The van der Waals surface area contributed by atoms with Crippen molar-refractivity contribution in [3.8, 4) is 0 Å². The van der Waals surface area contributed by atoms with E-state index >= 15 is 0 Å². The number of fused-ring (bicyclic) bond motifs is 1. The number of nitrogens with two attached hydrogens (primary N) is 1. The van der Waals surface area contributed by atoms with Crippen molar-refractivity contribution in [3.63, 3.8) is 0 Å². The van der Waals surface area contributed by atoms with E-state index in [0.717, 1.165) is 34.6 Å². The molecular formula is C24H24F7N3O4S. The molecular weight excluding hydrogens is 559 g/mol. The zero-order valence-corrected chi connectivity index (χ0v) is 21.0. The molecule has 0 bridgehead atoms. The minimum absolute atomic E-state index is 0.126. The highest BCUT2D eigenvalue weighted by atomic mass is 32.2. The molecule has 0 saturated carbocycles. The van der Waals surface area contributed by atoms with E-state index in [2.05, 4.69) is 0 Å². The van der Waals surface area contributed by atoms with Gasteiger partial charge in [-0.05, 0) is 55.2 Å². The second kappa shape index (κ2) is 9.93. The number of carbonyl (C=O) groups excluding carboxylic acids is 1. The zero-order chi connectivity index (χ0) is 29.0. The van der Waals surface area contributed by atoms with Crippen LogP contribution in [-0.2, 0) is 26.8 Å². The number of likely N-dealkylation sites (tertiary alicyclic amines) is 1. The van der Waals surface area contributed by atoms with Crippen molar-refractivity contribution in [2.45, 2.75) is 60.6 Å². The van der Waals surface area contributed by atoms with Gasteiger partial charge in [0.05, 0.1) is 16.6 Å². The summed E-state index contributed by atoms with van der Waals surface area (Å²) in [6, 6.07) is 3.94. The van der Waals surface area contributed by atoms with Crippen molar-refractivity contribution < 1.29 is 49.1 Å². The second-order valence-electron chi connectivity index (χ2n) is 9.59. The summed E-state index contributed by atoms with van der Waals surface area (Å²) in [6.07, 6.45) is -12.3. The summed E-state index contributed by atoms with van der Waals surface area (Å²) in [5.41, 5.74) is -1.35. The molecule has 7 nitrogen and oxygen atoms in total. The molecule has 39 heavy (non-hydrogen) atoms. The summed E-state index contributed by atoms with van der Waals surface area (Å²) in [5.74, 6) is -1.16. The Balaban J connectivity index is 1.80. The molecule has 15 heteroatoms. The molecule has 2 unspecified atom stereocenters. The first-order valence-electron chi connectivity index (χ1n) is 11.8. The number of halogens is 7. The minimum atomic E-state index is -6.13. The van der Waals surface area contributed by atoms with Crippen LogP contribution in [0.2, 0.25) is 0 Å². The monoisotopic (exact) mass is 583 g/mol. The van der Waals surface area contributed by atoms with Crippen LogP contribution in [0.3, 0.4) is 0 Å². The van der Waals surface area contributed by atoms with E-state index in [0.29, 0.717) is 25.1 Å². The number of carbonyl (C=O) groups is 1. The van der Waals surface area contributed by atoms with Crippen molar-refractivity contribution in [3.05, 3.63) is 59.4 Å². The van der Waals surface area contributed by atoms with Gasteiger partial charge in [0.25, 0.3) is 15.6 Å². The molecule has 3 N–H and O–H groups in total. The molecule has 2 aromatic carbocycles. The number of hydrogen-bond acceptors (Lipinski definition) is 5. The Morgan fingerprint density at radius 3 is 2.15 bits per heavy atom. The first kappa shape index (κ1) is 29.1. The van der Waals surface area contributed by atoms with Crippen LogP contribution in [0.25, 0.3) is 0 Å². The van der Waals surface area contributed by atoms with E-state index < -0.39 is 56.2 Å². The van der Waals surface area contributed by atoms with Crippen LogP contribution in [0.1, 0.15) is 30.4 Å². The Kier molecular flexibility index (Phi) is 7.40. The van der Waals surface area contributed by atoms with Gasteiger partial charge in [0.15, 0.2) is 0 Å². The van der Waals surface area contributed by atoms with E-state index in [1.54, 1.807) is 0 Å². The lowest BCUT2D eigenvalue weighted by Gasteiger charge is -2.39. The number of benzene rings is 2. The fraction of sp³-hybridized carbons (Fsp3) is 0.458. The van der Waals surface area contributed by atoms with Crippen molar-refractivity contribution >= 4 is 21.6 Å². The van der Waals surface area contributed by atoms with Crippen molar-refractivity contribution in [2.24, 2.45) is 5.73 Å².